The Morgan fingerprint density at radius 3 is 2.29 bits per heavy atom. The summed E-state index contributed by atoms with van der Waals surface area (Å²) in [6.07, 6.45) is 1.90. The molecule has 10 heteroatoms. The van der Waals surface area contributed by atoms with Gasteiger partial charge < -0.3 is 21.1 Å². The Hall–Kier alpha value is -4.34. The van der Waals surface area contributed by atoms with Gasteiger partial charge in [0, 0.05) is 24.0 Å². The first-order valence-corrected chi connectivity index (χ1v) is 10.3. The predicted octanol–water partition coefficient (Wildman–Crippen LogP) is 3.05. The summed E-state index contributed by atoms with van der Waals surface area (Å²) >= 11 is 0. The largest absolute Gasteiger partial charge is 0.454 e. The van der Waals surface area contributed by atoms with Crippen molar-refractivity contribution in [2.24, 2.45) is 16.9 Å². The molecule has 3 aromatic rings. The standard InChI is InChI=1S/C24H20F2N4O4/c25-15-3-1-14(2-4-15)13-30(23(33)24(8-9-24)22(28)32)16-5-6-20(18(26)11-16)34-17-7-10-29-19(12-17)21(27)31/h1-7,10-12H,8-9,13H2,(H2,27,31)(H2,28,32). The SMILES string of the molecule is NC(=O)c1cc(Oc2ccc(N(Cc3ccc(F)cc3)C(=O)C3(C(N)=O)CC3)cc2F)ccn1. The molecule has 1 aromatic heterocycles. The molecule has 0 spiro atoms. The Labute approximate surface area is 193 Å². The number of pyridine rings is 1. The number of carbonyl (C=O) groups excluding carboxylic acids is 3. The Balaban J connectivity index is 1.64. The highest BCUT2D eigenvalue weighted by Crippen LogP contribution is 2.48. The van der Waals surface area contributed by atoms with Crippen molar-refractivity contribution in [3.8, 4) is 11.5 Å². The third-order valence-corrected chi connectivity index (χ3v) is 5.57. The molecule has 0 bridgehead atoms. The zero-order valence-corrected chi connectivity index (χ0v) is 17.8. The summed E-state index contributed by atoms with van der Waals surface area (Å²) in [6.45, 7) is -0.0277. The maximum atomic E-state index is 15.0. The molecule has 1 aliphatic rings. The van der Waals surface area contributed by atoms with Crippen LogP contribution in [0.4, 0.5) is 14.5 Å². The van der Waals surface area contributed by atoms with Crippen molar-refractivity contribution in [3.05, 3.63) is 83.7 Å². The van der Waals surface area contributed by atoms with Crippen molar-refractivity contribution in [1.29, 1.82) is 0 Å². The van der Waals surface area contributed by atoms with E-state index in [1.807, 2.05) is 0 Å². The van der Waals surface area contributed by atoms with Crippen molar-refractivity contribution in [3.63, 3.8) is 0 Å². The molecule has 4 rings (SSSR count). The topological polar surface area (TPSA) is 129 Å². The number of benzene rings is 2. The second-order valence-electron chi connectivity index (χ2n) is 7.92. The zero-order valence-electron chi connectivity index (χ0n) is 17.8. The minimum absolute atomic E-state index is 0.0277. The molecule has 0 aliphatic heterocycles. The van der Waals surface area contributed by atoms with Crippen LogP contribution in [0.3, 0.4) is 0 Å². The Morgan fingerprint density at radius 2 is 1.71 bits per heavy atom. The van der Waals surface area contributed by atoms with Gasteiger partial charge in [0.05, 0.1) is 6.54 Å². The number of anilines is 1. The van der Waals surface area contributed by atoms with Gasteiger partial charge >= 0.3 is 0 Å². The van der Waals surface area contributed by atoms with Crippen molar-refractivity contribution in [1.82, 2.24) is 4.98 Å². The smallest absolute Gasteiger partial charge is 0.267 e. The van der Waals surface area contributed by atoms with Crippen LogP contribution in [0.1, 0.15) is 28.9 Å². The average Bonchev–Trinajstić information content (AvgIpc) is 3.62. The number of ether oxygens (including phenoxy) is 1. The van der Waals surface area contributed by atoms with Gasteiger partial charge in [-0.15, -0.1) is 0 Å². The van der Waals surface area contributed by atoms with E-state index in [9.17, 15) is 23.2 Å². The first kappa shape index (κ1) is 22.8. The molecular weight excluding hydrogens is 446 g/mol. The molecular formula is C24H20F2N4O4. The molecule has 8 nitrogen and oxygen atoms in total. The second kappa shape index (κ2) is 8.89. The van der Waals surface area contributed by atoms with Crippen LogP contribution < -0.4 is 21.1 Å². The summed E-state index contributed by atoms with van der Waals surface area (Å²) in [5, 5.41) is 0. The number of rotatable bonds is 8. The quantitative estimate of drug-likeness (QED) is 0.493. The number of hydrogen-bond donors (Lipinski definition) is 2. The van der Waals surface area contributed by atoms with Gasteiger partial charge in [-0.1, -0.05) is 12.1 Å². The molecule has 0 radical (unpaired) electrons. The van der Waals surface area contributed by atoms with Crippen LogP contribution in [0.15, 0.2) is 60.8 Å². The summed E-state index contributed by atoms with van der Waals surface area (Å²) < 4.78 is 33.8. The zero-order chi connectivity index (χ0) is 24.5. The van der Waals surface area contributed by atoms with E-state index in [4.69, 9.17) is 16.2 Å². The van der Waals surface area contributed by atoms with Crippen molar-refractivity contribution in [2.75, 3.05) is 4.90 Å². The average molecular weight is 466 g/mol. The number of aromatic nitrogens is 1. The van der Waals surface area contributed by atoms with E-state index in [1.54, 1.807) is 0 Å². The first-order valence-electron chi connectivity index (χ1n) is 10.3. The van der Waals surface area contributed by atoms with Crippen molar-refractivity contribution in [2.45, 2.75) is 19.4 Å². The van der Waals surface area contributed by atoms with Crippen LogP contribution in [-0.2, 0) is 16.1 Å². The van der Waals surface area contributed by atoms with E-state index in [0.717, 1.165) is 6.07 Å². The molecule has 0 unspecified atom stereocenters. The molecule has 174 valence electrons. The van der Waals surface area contributed by atoms with E-state index in [2.05, 4.69) is 4.98 Å². The highest BCUT2D eigenvalue weighted by molar-refractivity contribution is 6.13. The van der Waals surface area contributed by atoms with Crippen LogP contribution >= 0.6 is 0 Å². The Morgan fingerprint density at radius 1 is 1.00 bits per heavy atom. The van der Waals surface area contributed by atoms with Crippen LogP contribution in [0.5, 0.6) is 11.5 Å². The molecule has 0 atom stereocenters. The molecule has 1 saturated carbocycles. The number of nitrogens with two attached hydrogens (primary N) is 2. The van der Waals surface area contributed by atoms with Gasteiger partial charge in [-0.2, -0.15) is 0 Å². The lowest BCUT2D eigenvalue weighted by Gasteiger charge is -2.27. The van der Waals surface area contributed by atoms with Gasteiger partial charge in [-0.3, -0.25) is 19.4 Å². The second-order valence-corrected chi connectivity index (χ2v) is 7.92. The summed E-state index contributed by atoms with van der Waals surface area (Å²) in [7, 11) is 0. The van der Waals surface area contributed by atoms with Crippen molar-refractivity contribution >= 4 is 23.4 Å². The number of hydrogen-bond acceptors (Lipinski definition) is 5. The number of carbonyl (C=O) groups is 3. The van der Waals surface area contributed by atoms with E-state index in [0.29, 0.717) is 18.4 Å². The highest BCUT2D eigenvalue weighted by Gasteiger charge is 2.57. The van der Waals surface area contributed by atoms with Gasteiger partial charge in [-0.05, 0) is 48.7 Å². The van der Waals surface area contributed by atoms with E-state index >= 15 is 0 Å². The Kier molecular flexibility index (Phi) is 5.97. The summed E-state index contributed by atoms with van der Waals surface area (Å²) in [6, 6.07) is 12.0. The molecule has 2 aromatic carbocycles. The predicted molar refractivity (Wildman–Crippen MR) is 118 cm³/mol. The molecule has 1 fully saturated rings. The van der Waals surface area contributed by atoms with Crippen LogP contribution in [-0.4, -0.2) is 22.7 Å². The first-order chi connectivity index (χ1) is 16.2. The number of primary amides is 2. The number of nitrogens with zero attached hydrogens (tertiary/aromatic N) is 2. The Bertz CT molecular complexity index is 1280. The van der Waals surface area contributed by atoms with Gasteiger partial charge in [-0.25, -0.2) is 8.78 Å². The maximum absolute atomic E-state index is 15.0. The minimum Gasteiger partial charge on any atom is -0.454 e. The number of amides is 3. The number of halogens is 2. The van der Waals surface area contributed by atoms with Crippen molar-refractivity contribution < 1.29 is 27.9 Å². The van der Waals surface area contributed by atoms with Crippen LogP contribution in [0.25, 0.3) is 0 Å². The highest BCUT2D eigenvalue weighted by atomic mass is 19.1. The lowest BCUT2D eigenvalue weighted by molar-refractivity contribution is -0.133. The lowest BCUT2D eigenvalue weighted by atomic mass is 10.0. The third-order valence-electron chi connectivity index (χ3n) is 5.57. The summed E-state index contributed by atoms with van der Waals surface area (Å²) in [5.41, 5.74) is 10.0. The fourth-order valence-corrected chi connectivity index (χ4v) is 3.48. The molecule has 0 saturated heterocycles. The summed E-state index contributed by atoms with van der Waals surface area (Å²) in [5.74, 6) is -3.34. The van der Waals surface area contributed by atoms with Crippen LogP contribution in [0, 0.1) is 17.0 Å². The van der Waals surface area contributed by atoms with E-state index in [1.165, 1.54) is 59.6 Å². The minimum atomic E-state index is -1.34. The van der Waals surface area contributed by atoms with Gasteiger partial charge in [0.15, 0.2) is 11.6 Å². The molecule has 34 heavy (non-hydrogen) atoms. The molecule has 4 N–H and O–H groups in total. The van der Waals surface area contributed by atoms with Crippen LogP contribution in [0.2, 0.25) is 0 Å². The molecule has 1 aliphatic carbocycles. The maximum Gasteiger partial charge on any atom is 0.267 e. The fourth-order valence-electron chi connectivity index (χ4n) is 3.48. The fraction of sp³-hybridized carbons (Fsp3) is 0.167. The third kappa shape index (κ3) is 4.56. The summed E-state index contributed by atoms with van der Waals surface area (Å²) in [4.78, 5) is 41.6. The van der Waals surface area contributed by atoms with E-state index < -0.39 is 34.8 Å². The lowest BCUT2D eigenvalue weighted by Crippen LogP contribution is -2.43. The van der Waals surface area contributed by atoms with Gasteiger partial charge in [0.2, 0.25) is 11.8 Å². The normalized spacial score (nSPS) is 13.7. The molecule has 3 amide bonds. The van der Waals surface area contributed by atoms with Gasteiger partial charge in [0.25, 0.3) is 5.91 Å². The monoisotopic (exact) mass is 466 g/mol. The molecule has 1 heterocycles. The van der Waals surface area contributed by atoms with Gasteiger partial charge in [0.1, 0.15) is 22.7 Å². The van der Waals surface area contributed by atoms with E-state index in [-0.39, 0.29) is 29.4 Å².